The van der Waals surface area contributed by atoms with Crippen LogP contribution in [0.4, 0.5) is 5.69 Å². The van der Waals surface area contributed by atoms with E-state index in [9.17, 15) is 13.2 Å². The van der Waals surface area contributed by atoms with Gasteiger partial charge in [-0.25, -0.2) is 8.42 Å². The van der Waals surface area contributed by atoms with Crippen LogP contribution in [0.5, 0.6) is 0 Å². The number of hydrogen-bond donors (Lipinski definition) is 1. The zero-order valence-electron chi connectivity index (χ0n) is 17.0. The maximum atomic E-state index is 13.4. The third kappa shape index (κ3) is 4.50. The highest BCUT2D eigenvalue weighted by Gasteiger charge is 2.39. The van der Waals surface area contributed by atoms with Crippen LogP contribution in [0, 0.1) is 13.8 Å². The normalized spacial score (nSPS) is 17.1. The lowest BCUT2D eigenvalue weighted by Gasteiger charge is -2.23. The van der Waals surface area contributed by atoms with Gasteiger partial charge in [0, 0.05) is 17.3 Å². The van der Waals surface area contributed by atoms with Crippen LogP contribution in [-0.2, 0) is 10.0 Å². The number of aromatic nitrogens is 2. The molecular formula is C21H21ClN4O3S2. The summed E-state index contributed by atoms with van der Waals surface area (Å²) < 4.78 is 28.3. The van der Waals surface area contributed by atoms with Crippen molar-refractivity contribution >= 4 is 44.6 Å². The first-order valence-corrected chi connectivity index (χ1v) is 12.4. The van der Waals surface area contributed by atoms with E-state index in [2.05, 4.69) is 15.5 Å². The number of nitrogens with one attached hydrogen (secondary N) is 1. The second-order valence-corrected chi connectivity index (χ2v) is 10.8. The van der Waals surface area contributed by atoms with Crippen molar-refractivity contribution in [1.82, 2.24) is 14.5 Å². The smallest absolute Gasteiger partial charge is 0.286 e. The van der Waals surface area contributed by atoms with Crippen LogP contribution in [0.1, 0.15) is 44.8 Å². The van der Waals surface area contributed by atoms with Gasteiger partial charge in [0.1, 0.15) is 5.01 Å². The topological polar surface area (TPSA) is 92.3 Å². The molecule has 1 N–H and O–H groups in total. The van der Waals surface area contributed by atoms with Crippen molar-refractivity contribution in [1.29, 1.82) is 0 Å². The van der Waals surface area contributed by atoms with Gasteiger partial charge in [-0.2, -0.15) is 4.31 Å². The molecule has 10 heteroatoms. The van der Waals surface area contributed by atoms with E-state index in [-0.39, 0.29) is 5.01 Å². The largest absolute Gasteiger partial charge is 0.320 e. The Morgan fingerprint density at radius 1 is 1.16 bits per heavy atom. The first kappa shape index (κ1) is 21.9. The van der Waals surface area contributed by atoms with Gasteiger partial charge < -0.3 is 5.32 Å². The number of benzene rings is 2. The van der Waals surface area contributed by atoms with Crippen molar-refractivity contribution in [3.05, 3.63) is 68.6 Å². The second kappa shape index (κ2) is 8.66. The summed E-state index contributed by atoms with van der Waals surface area (Å²) in [6.07, 6.45) is 1.36. The molecule has 0 spiro atoms. The molecule has 1 aliphatic rings. The first-order valence-electron chi connectivity index (χ1n) is 9.75. The summed E-state index contributed by atoms with van der Waals surface area (Å²) in [6.45, 7) is 4.07. The molecule has 0 saturated carbocycles. The number of aryl methyl sites for hydroxylation is 2. The van der Waals surface area contributed by atoms with E-state index in [1.807, 2.05) is 19.1 Å². The quantitative estimate of drug-likeness (QED) is 0.581. The van der Waals surface area contributed by atoms with Crippen molar-refractivity contribution in [2.24, 2.45) is 0 Å². The summed E-state index contributed by atoms with van der Waals surface area (Å²) in [4.78, 5) is 12.9. The molecule has 2 heterocycles. The Balaban J connectivity index is 1.57. The minimum Gasteiger partial charge on any atom is -0.320 e. The Morgan fingerprint density at radius 2 is 1.90 bits per heavy atom. The molecule has 0 aliphatic carbocycles. The standard InChI is InChI=1S/C21H21ClN4O3S2/c1-13-5-6-14(2)18(12-13)31(28,29)26-11-3-4-17(26)20-24-25-21(30-20)19(27)23-16-9-7-15(22)8-10-16/h5-10,12,17H,3-4,11H2,1-2H3,(H,23,27). The van der Waals surface area contributed by atoms with Gasteiger partial charge in [0.2, 0.25) is 15.0 Å². The summed E-state index contributed by atoms with van der Waals surface area (Å²) >= 11 is 6.98. The van der Waals surface area contributed by atoms with E-state index < -0.39 is 22.0 Å². The van der Waals surface area contributed by atoms with Crippen molar-refractivity contribution in [2.75, 3.05) is 11.9 Å². The van der Waals surface area contributed by atoms with E-state index in [1.165, 1.54) is 4.31 Å². The highest BCUT2D eigenvalue weighted by atomic mass is 35.5. The Labute approximate surface area is 190 Å². The number of carbonyl (C=O) groups excluding carboxylic acids is 1. The third-order valence-corrected chi connectivity index (χ3v) is 8.48. The number of sulfonamides is 1. The van der Waals surface area contributed by atoms with Crippen LogP contribution in [0.15, 0.2) is 47.4 Å². The molecule has 0 radical (unpaired) electrons. The van der Waals surface area contributed by atoms with Gasteiger partial charge in [0.25, 0.3) is 5.91 Å². The average Bonchev–Trinajstić information content (AvgIpc) is 3.41. The molecule has 1 unspecified atom stereocenters. The lowest BCUT2D eigenvalue weighted by molar-refractivity contribution is 0.102. The van der Waals surface area contributed by atoms with Crippen LogP contribution < -0.4 is 5.32 Å². The molecule has 3 aromatic rings. The van der Waals surface area contributed by atoms with Gasteiger partial charge in [-0.1, -0.05) is 35.1 Å². The molecule has 7 nitrogen and oxygen atoms in total. The Kier molecular flexibility index (Phi) is 6.11. The molecule has 4 rings (SSSR count). The fourth-order valence-electron chi connectivity index (χ4n) is 3.56. The van der Waals surface area contributed by atoms with Gasteiger partial charge in [-0.15, -0.1) is 10.2 Å². The summed E-state index contributed by atoms with van der Waals surface area (Å²) in [7, 11) is -3.69. The van der Waals surface area contributed by atoms with E-state index in [4.69, 9.17) is 11.6 Å². The van der Waals surface area contributed by atoms with Crippen LogP contribution in [0.2, 0.25) is 5.02 Å². The first-order chi connectivity index (χ1) is 14.8. The molecule has 1 atom stereocenters. The molecule has 1 fully saturated rings. The molecule has 0 bridgehead atoms. The Hall–Kier alpha value is -2.33. The lowest BCUT2D eigenvalue weighted by Crippen LogP contribution is -2.31. The molecule has 31 heavy (non-hydrogen) atoms. The van der Waals surface area contributed by atoms with E-state index in [0.29, 0.717) is 39.1 Å². The van der Waals surface area contributed by atoms with Gasteiger partial charge >= 0.3 is 0 Å². The Morgan fingerprint density at radius 3 is 2.65 bits per heavy atom. The molecule has 1 aromatic heterocycles. The molecule has 1 amide bonds. The molecule has 162 valence electrons. The van der Waals surface area contributed by atoms with Crippen LogP contribution in [0.25, 0.3) is 0 Å². The SMILES string of the molecule is Cc1ccc(C)c(S(=O)(=O)N2CCCC2c2nnc(C(=O)Nc3ccc(Cl)cc3)s2)c1. The van der Waals surface area contributed by atoms with Crippen molar-refractivity contribution in [3.63, 3.8) is 0 Å². The summed E-state index contributed by atoms with van der Waals surface area (Å²) in [5, 5.41) is 12.2. The Bertz CT molecular complexity index is 1230. The summed E-state index contributed by atoms with van der Waals surface area (Å²) in [5.74, 6) is -0.395. The highest BCUT2D eigenvalue weighted by molar-refractivity contribution is 7.89. The predicted octanol–water partition coefficient (Wildman–Crippen LogP) is 4.59. The minimum absolute atomic E-state index is 0.181. The maximum absolute atomic E-state index is 13.4. The fourth-order valence-corrected chi connectivity index (χ4v) is 6.62. The number of carbonyl (C=O) groups is 1. The third-order valence-electron chi connectivity index (χ3n) is 5.16. The lowest BCUT2D eigenvalue weighted by atomic mass is 10.2. The predicted molar refractivity (Wildman–Crippen MR) is 121 cm³/mol. The van der Waals surface area contributed by atoms with Gasteiger partial charge in [0.15, 0.2) is 0 Å². The average molecular weight is 477 g/mol. The summed E-state index contributed by atoms with van der Waals surface area (Å²) in [5.41, 5.74) is 2.18. The molecule has 1 saturated heterocycles. The van der Waals surface area contributed by atoms with E-state index in [1.54, 1.807) is 37.3 Å². The van der Waals surface area contributed by atoms with Crippen molar-refractivity contribution in [3.8, 4) is 0 Å². The fraction of sp³-hybridized carbons (Fsp3) is 0.286. The number of anilines is 1. The second-order valence-electron chi connectivity index (χ2n) is 7.45. The number of hydrogen-bond acceptors (Lipinski definition) is 6. The molecular weight excluding hydrogens is 456 g/mol. The van der Waals surface area contributed by atoms with E-state index >= 15 is 0 Å². The molecule has 1 aliphatic heterocycles. The van der Waals surface area contributed by atoms with Gasteiger partial charge in [0.05, 0.1) is 10.9 Å². The summed E-state index contributed by atoms with van der Waals surface area (Å²) in [6, 6.07) is 11.7. The number of amides is 1. The maximum Gasteiger partial charge on any atom is 0.286 e. The monoisotopic (exact) mass is 476 g/mol. The zero-order chi connectivity index (χ0) is 22.2. The zero-order valence-corrected chi connectivity index (χ0v) is 19.4. The number of nitrogens with zero attached hydrogens (tertiary/aromatic N) is 3. The van der Waals surface area contributed by atoms with E-state index in [0.717, 1.165) is 23.3 Å². The molecule has 2 aromatic carbocycles. The van der Waals surface area contributed by atoms with Crippen molar-refractivity contribution in [2.45, 2.75) is 37.6 Å². The van der Waals surface area contributed by atoms with Crippen LogP contribution in [-0.4, -0.2) is 35.4 Å². The van der Waals surface area contributed by atoms with Crippen LogP contribution >= 0.6 is 22.9 Å². The minimum atomic E-state index is -3.69. The van der Waals surface area contributed by atoms with Crippen LogP contribution in [0.3, 0.4) is 0 Å². The van der Waals surface area contributed by atoms with Gasteiger partial charge in [-0.05, 0) is 68.1 Å². The number of rotatable bonds is 5. The van der Waals surface area contributed by atoms with Gasteiger partial charge in [-0.3, -0.25) is 4.79 Å². The highest BCUT2D eigenvalue weighted by Crippen LogP contribution is 2.38. The number of halogens is 1. The van der Waals surface area contributed by atoms with Crippen molar-refractivity contribution < 1.29 is 13.2 Å².